The second kappa shape index (κ2) is 5.82. The van der Waals surface area contributed by atoms with Crippen LogP contribution in [0.4, 0.5) is 5.69 Å². The van der Waals surface area contributed by atoms with Crippen molar-refractivity contribution in [2.24, 2.45) is 0 Å². The second-order valence-corrected chi connectivity index (χ2v) is 5.61. The van der Waals surface area contributed by atoms with Crippen molar-refractivity contribution in [1.82, 2.24) is 4.98 Å². The molecule has 1 aliphatic heterocycles. The van der Waals surface area contributed by atoms with Crippen molar-refractivity contribution in [3.05, 3.63) is 66.7 Å². The van der Waals surface area contributed by atoms with Gasteiger partial charge in [-0.2, -0.15) is 0 Å². The van der Waals surface area contributed by atoms with Gasteiger partial charge >= 0.3 is 0 Å². The van der Waals surface area contributed by atoms with E-state index in [1.165, 1.54) is 18.4 Å². The summed E-state index contributed by atoms with van der Waals surface area (Å²) in [4.78, 5) is 4.76. The zero-order chi connectivity index (χ0) is 16.5. The molecule has 0 amide bonds. The van der Waals surface area contributed by atoms with Gasteiger partial charge in [-0.3, -0.25) is 4.98 Å². The van der Waals surface area contributed by atoms with E-state index in [0.29, 0.717) is 22.2 Å². The van der Waals surface area contributed by atoms with Crippen LogP contribution in [0.1, 0.15) is 0 Å². The number of rotatable bonds is 2. The maximum absolute atomic E-state index is 9.44. The maximum atomic E-state index is 9.44. The van der Waals surface area contributed by atoms with E-state index < -0.39 is 0 Å². The second-order valence-electron chi connectivity index (χ2n) is 5.20. The van der Waals surface area contributed by atoms with Crippen LogP contribution in [0.25, 0.3) is 10.9 Å². The number of para-hydroxylation sites is 1. The molecule has 2 aromatic carbocycles. The number of fused-ring (bicyclic) bond motifs is 2. The van der Waals surface area contributed by atoms with Crippen LogP contribution >= 0.6 is 12.2 Å². The topological polar surface area (TPSA) is 63.6 Å². The summed E-state index contributed by atoms with van der Waals surface area (Å²) in [5, 5.41) is 13.6. The molecular formula is C18H12N2O3S. The number of thiocarbonyl (C=S) groups is 1. The van der Waals surface area contributed by atoms with Gasteiger partial charge in [0.05, 0.1) is 17.4 Å². The minimum Gasteiger partial charge on any atom is -0.508 e. The van der Waals surface area contributed by atoms with E-state index in [0.717, 1.165) is 16.6 Å². The Morgan fingerprint density at radius 1 is 1.08 bits per heavy atom. The molecule has 1 aliphatic rings. The van der Waals surface area contributed by atoms with Gasteiger partial charge in [0, 0.05) is 11.5 Å². The predicted molar refractivity (Wildman–Crippen MR) is 95.4 cm³/mol. The summed E-state index contributed by atoms with van der Waals surface area (Å²) < 4.78 is 11.2. The predicted octanol–water partition coefficient (Wildman–Crippen LogP) is 3.99. The zero-order valence-corrected chi connectivity index (χ0v) is 13.2. The Morgan fingerprint density at radius 2 is 1.96 bits per heavy atom. The van der Waals surface area contributed by atoms with Crippen LogP contribution < -0.4 is 14.8 Å². The number of nitrogens with one attached hydrogen (secondary N) is 1. The average Bonchev–Trinajstić information content (AvgIpc) is 2.61. The van der Waals surface area contributed by atoms with Gasteiger partial charge in [-0.25, -0.2) is 0 Å². The molecule has 2 heterocycles. The molecular weight excluding hydrogens is 324 g/mol. The maximum Gasteiger partial charge on any atom is 0.197 e. The van der Waals surface area contributed by atoms with Gasteiger partial charge in [0.2, 0.25) is 0 Å². The lowest BCUT2D eigenvalue weighted by Gasteiger charge is -2.19. The standard InChI is InChI=1S/C18H12N2O3S/c21-13-5-6-15-16(8-13)22-10-17(23-15)18(24)20-12-7-11-3-1-2-4-14(11)19-9-12/h1-10,21H,(H,20,24). The third-order valence-corrected chi connectivity index (χ3v) is 3.82. The van der Waals surface area contributed by atoms with Crippen molar-refractivity contribution in [2.45, 2.75) is 0 Å². The fraction of sp³-hybridized carbons (Fsp3) is 0. The summed E-state index contributed by atoms with van der Waals surface area (Å²) in [6.45, 7) is 0. The lowest BCUT2D eigenvalue weighted by molar-refractivity contribution is 0.342. The SMILES string of the molecule is Oc1ccc2c(c1)OC=C(C(=S)Nc1cnc3ccccc3c1)O2. The Hall–Kier alpha value is -3.12. The van der Waals surface area contributed by atoms with Crippen LogP contribution in [0, 0.1) is 0 Å². The molecule has 0 aliphatic carbocycles. The van der Waals surface area contributed by atoms with Crippen molar-refractivity contribution in [1.29, 1.82) is 0 Å². The van der Waals surface area contributed by atoms with Crippen LogP contribution in [0.5, 0.6) is 17.2 Å². The van der Waals surface area contributed by atoms with E-state index in [1.54, 1.807) is 12.3 Å². The molecule has 2 N–H and O–H groups in total. The van der Waals surface area contributed by atoms with Gasteiger partial charge in [-0.05, 0) is 24.3 Å². The molecule has 0 fully saturated rings. The number of phenolic OH excluding ortho intramolecular Hbond substituents is 1. The monoisotopic (exact) mass is 336 g/mol. The summed E-state index contributed by atoms with van der Waals surface area (Å²) in [7, 11) is 0. The van der Waals surface area contributed by atoms with Crippen LogP contribution in [-0.2, 0) is 0 Å². The fourth-order valence-corrected chi connectivity index (χ4v) is 2.57. The summed E-state index contributed by atoms with van der Waals surface area (Å²) >= 11 is 5.37. The first kappa shape index (κ1) is 14.5. The van der Waals surface area contributed by atoms with Crippen LogP contribution in [-0.4, -0.2) is 15.1 Å². The number of aromatic hydroxyl groups is 1. The van der Waals surface area contributed by atoms with Gasteiger partial charge in [0.25, 0.3) is 0 Å². The molecule has 0 saturated carbocycles. The van der Waals surface area contributed by atoms with Crippen molar-refractivity contribution in [2.75, 3.05) is 5.32 Å². The van der Waals surface area contributed by atoms with Gasteiger partial charge < -0.3 is 19.9 Å². The van der Waals surface area contributed by atoms with Crippen LogP contribution in [0.15, 0.2) is 66.7 Å². The number of benzene rings is 2. The number of pyridine rings is 1. The highest BCUT2D eigenvalue weighted by Crippen LogP contribution is 2.35. The van der Waals surface area contributed by atoms with Crippen molar-refractivity contribution < 1.29 is 14.6 Å². The van der Waals surface area contributed by atoms with Gasteiger partial charge in [-0.1, -0.05) is 30.4 Å². The van der Waals surface area contributed by atoms with Gasteiger partial charge in [-0.15, -0.1) is 0 Å². The van der Waals surface area contributed by atoms with Gasteiger partial charge in [0.1, 0.15) is 17.0 Å². The highest BCUT2D eigenvalue weighted by molar-refractivity contribution is 7.81. The number of ether oxygens (including phenoxy) is 2. The van der Waals surface area contributed by atoms with E-state index in [2.05, 4.69) is 10.3 Å². The Morgan fingerprint density at radius 3 is 2.88 bits per heavy atom. The molecule has 1 aromatic heterocycles. The third kappa shape index (κ3) is 2.75. The Labute approximate surface area is 143 Å². The molecule has 0 radical (unpaired) electrons. The first-order chi connectivity index (χ1) is 11.7. The number of hydrogen-bond acceptors (Lipinski definition) is 5. The quantitative estimate of drug-likeness (QED) is 0.690. The van der Waals surface area contributed by atoms with E-state index in [9.17, 15) is 5.11 Å². The number of nitrogens with zero attached hydrogens (tertiary/aromatic N) is 1. The first-order valence-electron chi connectivity index (χ1n) is 7.23. The van der Waals surface area contributed by atoms with E-state index in [4.69, 9.17) is 21.7 Å². The van der Waals surface area contributed by atoms with Crippen molar-refractivity contribution in [3.8, 4) is 17.2 Å². The molecule has 4 rings (SSSR count). The highest BCUT2D eigenvalue weighted by atomic mass is 32.1. The van der Waals surface area contributed by atoms with E-state index >= 15 is 0 Å². The number of aromatic nitrogens is 1. The average molecular weight is 336 g/mol. The minimum absolute atomic E-state index is 0.108. The molecule has 118 valence electrons. The zero-order valence-electron chi connectivity index (χ0n) is 12.4. The van der Waals surface area contributed by atoms with Crippen molar-refractivity contribution in [3.63, 3.8) is 0 Å². The van der Waals surface area contributed by atoms with Crippen molar-refractivity contribution >= 4 is 33.8 Å². The Balaban J connectivity index is 1.54. The summed E-state index contributed by atoms with van der Waals surface area (Å²) in [5.41, 5.74) is 1.68. The molecule has 0 unspecified atom stereocenters. The van der Waals surface area contributed by atoms with Gasteiger partial charge in [0.15, 0.2) is 17.3 Å². The molecule has 0 saturated heterocycles. The lowest BCUT2D eigenvalue weighted by atomic mass is 10.2. The van der Waals surface area contributed by atoms with E-state index in [1.807, 2.05) is 30.3 Å². The molecule has 24 heavy (non-hydrogen) atoms. The number of anilines is 1. The molecule has 0 spiro atoms. The molecule has 0 atom stereocenters. The largest absolute Gasteiger partial charge is 0.508 e. The summed E-state index contributed by atoms with van der Waals surface area (Å²) in [5.74, 6) is 1.42. The number of phenols is 1. The molecule has 3 aromatic rings. The number of hydrogen-bond donors (Lipinski definition) is 2. The molecule has 6 heteroatoms. The Kier molecular flexibility index (Phi) is 3.51. The van der Waals surface area contributed by atoms with Crippen LogP contribution in [0.2, 0.25) is 0 Å². The fourth-order valence-electron chi connectivity index (χ4n) is 2.36. The summed E-state index contributed by atoms with van der Waals surface area (Å²) in [6.07, 6.45) is 3.12. The Bertz CT molecular complexity index is 985. The highest BCUT2D eigenvalue weighted by Gasteiger charge is 2.18. The van der Waals surface area contributed by atoms with E-state index in [-0.39, 0.29) is 5.75 Å². The minimum atomic E-state index is 0.108. The smallest absolute Gasteiger partial charge is 0.197 e. The lowest BCUT2D eigenvalue weighted by Crippen LogP contribution is -2.19. The normalized spacial score (nSPS) is 12.6. The first-order valence-corrected chi connectivity index (χ1v) is 7.64. The third-order valence-electron chi connectivity index (χ3n) is 3.51. The summed E-state index contributed by atoms with van der Waals surface area (Å²) in [6, 6.07) is 14.4. The molecule has 5 nitrogen and oxygen atoms in total. The molecule has 0 bridgehead atoms. The van der Waals surface area contributed by atoms with Crippen LogP contribution in [0.3, 0.4) is 0 Å².